The molecule has 1 N–H and O–H groups in total. The van der Waals surface area contributed by atoms with Gasteiger partial charge in [0.2, 0.25) is 0 Å². The number of hydrogen-bond donors (Lipinski definition) is 1. The summed E-state index contributed by atoms with van der Waals surface area (Å²) in [4.78, 5) is 6.54. The number of pyridine rings is 1. The standard InChI is InChI=1S/C18H23N5O/c1-12(2)23-9-14(7-21-23)17-10-22(8-15(17)11-24)18-16(6-19)13(3)4-5-20-18/h4-5,7,9,12,15,17,24H,8,10-11H2,1-3H3/t15-,17-/m0/s1. The summed E-state index contributed by atoms with van der Waals surface area (Å²) in [6.07, 6.45) is 5.70. The molecule has 3 rings (SSSR count). The first-order chi connectivity index (χ1) is 11.5. The van der Waals surface area contributed by atoms with Crippen LogP contribution in [0.1, 0.15) is 42.5 Å². The summed E-state index contributed by atoms with van der Waals surface area (Å²) < 4.78 is 1.94. The molecule has 2 atom stereocenters. The van der Waals surface area contributed by atoms with Crippen molar-refractivity contribution in [2.24, 2.45) is 5.92 Å². The van der Waals surface area contributed by atoms with Gasteiger partial charge in [0.1, 0.15) is 11.9 Å². The predicted molar refractivity (Wildman–Crippen MR) is 91.8 cm³/mol. The summed E-state index contributed by atoms with van der Waals surface area (Å²) in [5, 5.41) is 23.7. The summed E-state index contributed by atoms with van der Waals surface area (Å²) >= 11 is 0. The maximum atomic E-state index is 9.82. The molecule has 0 saturated carbocycles. The molecule has 6 heteroatoms. The molecule has 1 saturated heterocycles. The third-order valence-electron chi connectivity index (χ3n) is 4.80. The zero-order chi connectivity index (χ0) is 17.3. The van der Waals surface area contributed by atoms with Gasteiger partial charge >= 0.3 is 0 Å². The molecule has 24 heavy (non-hydrogen) atoms. The van der Waals surface area contributed by atoms with E-state index in [0.29, 0.717) is 18.2 Å². The van der Waals surface area contributed by atoms with Crippen LogP contribution in [0.3, 0.4) is 0 Å². The second-order valence-corrected chi connectivity index (χ2v) is 6.74. The van der Waals surface area contributed by atoms with Crippen molar-refractivity contribution in [3.05, 3.63) is 41.3 Å². The summed E-state index contributed by atoms with van der Waals surface area (Å²) in [6, 6.07) is 4.43. The highest BCUT2D eigenvalue weighted by Crippen LogP contribution is 2.36. The molecule has 1 aliphatic heterocycles. The molecular formula is C18H23N5O. The highest BCUT2D eigenvalue weighted by atomic mass is 16.3. The van der Waals surface area contributed by atoms with E-state index in [1.54, 1.807) is 6.20 Å². The Morgan fingerprint density at radius 3 is 2.83 bits per heavy atom. The van der Waals surface area contributed by atoms with E-state index in [-0.39, 0.29) is 18.4 Å². The van der Waals surface area contributed by atoms with Gasteiger partial charge in [-0.1, -0.05) is 0 Å². The van der Waals surface area contributed by atoms with Gasteiger partial charge in [0.05, 0.1) is 11.8 Å². The molecule has 126 valence electrons. The minimum atomic E-state index is 0.113. The number of aromatic nitrogens is 3. The molecule has 6 nitrogen and oxygen atoms in total. The largest absolute Gasteiger partial charge is 0.396 e. The van der Waals surface area contributed by atoms with Crippen molar-refractivity contribution >= 4 is 5.82 Å². The van der Waals surface area contributed by atoms with Crippen LogP contribution in [-0.2, 0) is 0 Å². The van der Waals surface area contributed by atoms with Gasteiger partial charge in [-0.3, -0.25) is 4.68 Å². The maximum Gasteiger partial charge on any atom is 0.146 e. The van der Waals surface area contributed by atoms with Crippen LogP contribution in [0.5, 0.6) is 0 Å². The lowest BCUT2D eigenvalue weighted by Crippen LogP contribution is -2.23. The molecule has 1 fully saturated rings. The van der Waals surface area contributed by atoms with Gasteiger partial charge < -0.3 is 10.0 Å². The Bertz CT molecular complexity index is 761. The molecule has 0 bridgehead atoms. The molecule has 1 aliphatic rings. The first-order valence-corrected chi connectivity index (χ1v) is 8.30. The van der Waals surface area contributed by atoms with Crippen molar-refractivity contribution in [1.29, 1.82) is 5.26 Å². The Kier molecular flexibility index (Phi) is 4.54. The average Bonchev–Trinajstić information content (AvgIpc) is 3.21. The Labute approximate surface area is 142 Å². The van der Waals surface area contributed by atoms with Crippen molar-refractivity contribution in [2.75, 3.05) is 24.6 Å². The van der Waals surface area contributed by atoms with E-state index in [4.69, 9.17) is 0 Å². The maximum absolute atomic E-state index is 9.82. The molecule has 0 spiro atoms. The minimum Gasteiger partial charge on any atom is -0.396 e. The summed E-state index contributed by atoms with van der Waals surface area (Å²) in [5.41, 5.74) is 2.68. The van der Waals surface area contributed by atoms with Crippen LogP contribution in [0.2, 0.25) is 0 Å². The topological polar surface area (TPSA) is 78.0 Å². The van der Waals surface area contributed by atoms with E-state index in [0.717, 1.165) is 23.5 Å². The number of aryl methyl sites for hydroxylation is 1. The summed E-state index contributed by atoms with van der Waals surface area (Å²) in [7, 11) is 0. The molecule has 0 unspecified atom stereocenters. The first-order valence-electron chi connectivity index (χ1n) is 8.30. The SMILES string of the molecule is Cc1ccnc(N2C[C@@H](CO)[C@H](c3cnn(C(C)C)c3)C2)c1C#N. The molecule has 2 aromatic heterocycles. The Morgan fingerprint density at radius 1 is 1.42 bits per heavy atom. The van der Waals surface area contributed by atoms with Crippen molar-refractivity contribution in [3.63, 3.8) is 0 Å². The fraction of sp³-hybridized carbons (Fsp3) is 0.500. The monoisotopic (exact) mass is 325 g/mol. The van der Waals surface area contributed by atoms with E-state index >= 15 is 0 Å². The van der Waals surface area contributed by atoms with Crippen LogP contribution in [0, 0.1) is 24.2 Å². The zero-order valence-corrected chi connectivity index (χ0v) is 14.3. The van der Waals surface area contributed by atoms with Crippen molar-refractivity contribution in [2.45, 2.75) is 32.7 Å². The fourth-order valence-electron chi connectivity index (χ4n) is 3.36. The first kappa shape index (κ1) is 16.5. The number of aliphatic hydroxyl groups is 1. The van der Waals surface area contributed by atoms with Crippen molar-refractivity contribution in [1.82, 2.24) is 14.8 Å². The molecule has 0 aliphatic carbocycles. The lowest BCUT2D eigenvalue weighted by molar-refractivity contribution is 0.227. The lowest BCUT2D eigenvalue weighted by Gasteiger charge is -2.19. The summed E-state index contributed by atoms with van der Waals surface area (Å²) in [6.45, 7) is 7.66. The number of nitriles is 1. The van der Waals surface area contributed by atoms with E-state index in [1.807, 2.05) is 23.9 Å². The highest BCUT2D eigenvalue weighted by Gasteiger charge is 2.35. The van der Waals surface area contributed by atoms with Crippen molar-refractivity contribution < 1.29 is 5.11 Å². The summed E-state index contributed by atoms with van der Waals surface area (Å²) in [5.74, 6) is 1.02. The number of rotatable bonds is 4. The van der Waals surface area contributed by atoms with E-state index < -0.39 is 0 Å². The van der Waals surface area contributed by atoms with Crippen LogP contribution in [0.4, 0.5) is 5.82 Å². The van der Waals surface area contributed by atoms with Crippen LogP contribution in [0.15, 0.2) is 24.7 Å². The Balaban J connectivity index is 1.90. The molecule has 0 radical (unpaired) electrons. The number of hydrogen-bond acceptors (Lipinski definition) is 5. The smallest absolute Gasteiger partial charge is 0.146 e. The van der Waals surface area contributed by atoms with Gasteiger partial charge in [-0.2, -0.15) is 10.4 Å². The normalized spacial score (nSPS) is 20.6. The van der Waals surface area contributed by atoms with Gasteiger partial charge in [-0.05, 0) is 38.0 Å². The quantitative estimate of drug-likeness (QED) is 0.933. The third kappa shape index (κ3) is 2.87. The van der Waals surface area contributed by atoms with Crippen LogP contribution >= 0.6 is 0 Å². The van der Waals surface area contributed by atoms with Gasteiger partial charge in [0.25, 0.3) is 0 Å². The second kappa shape index (κ2) is 6.62. The third-order valence-corrected chi connectivity index (χ3v) is 4.80. The van der Waals surface area contributed by atoms with E-state index in [9.17, 15) is 10.4 Å². The Hall–Kier alpha value is -2.39. The van der Waals surface area contributed by atoms with Crippen molar-refractivity contribution in [3.8, 4) is 6.07 Å². The molecule has 2 aromatic rings. The second-order valence-electron chi connectivity index (χ2n) is 6.74. The molecule has 3 heterocycles. The Morgan fingerprint density at radius 2 is 2.21 bits per heavy atom. The predicted octanol–water partition coefficient (Wildman–Crippen LogP) is 2.25. The van der Waals surface area contributed by atoms with Gasteiger partial charge in [-0.25, -0.2) is 4.98 Å². The van der Waals surface area contributed by atoms with Gasteiger partial charge in [-0.15, -0.1) is 0 Å². The molecule has 0 amide bonds. The zero-order valence-electron chi connectivity index (χ0n) is 14.3. The molecular weight excluding hydrogens is 302 g/mol. The lowest BCUT2D eigenvalue weighted by atomic mass is 9.92. The fourth-order valence-corrected chi connectivity index (χ4v) is 3.36. The van der Waals surface area contributed by atoms with Crippen LogP contribution in [0.25, 0.3) is 0 Å². The average molecular weight is 325 g/mol. The van der Waals surface area contributed by atoms with E-state index in [1.165, 1.54) is 0 Å². The van der Waals surface area contributed by atoms with Crippen LogP contribution < -0.4 is 4.90 Å². The van der Waals surface area contributed by atoms with E-state index in [2.05, 4.69) is 41.1 Å². The number of aliphatic hydroxyl groups excluding tert-OH is 1. The van der Waals surface area contributed by atoms with Gasteiger partial charge in [0.15, 0.2) is 0 Å². The van der Waals surface area contributed by atoms with Gasteiger partial charge in [0, 0.05) is 50.0 Å². The minimum absolute atomic E-state index is 0.113. The number of nitrogens with zero attached hydrogens (tertiary/aromatic N) is 5. The van der Waals surface area contributed by atoms with Crippen LogP contribution in [-0.4, -0.2) is 39.6 Å². The molecule has 0 aromatic carbocycles. The number of anilines is 1. The highest BCUT2D eigenvalue weighted by molar-refractivity contribution is 5.58.